The van der Waals surface area contributed by atoms with Crippen LogP contribution in [0.4, 0.5) is 0 Å². The van der Waals surface area contributed by atoms with Crippen LogP contribution in [0.25, 0.3) is 0 Å². The van der Waals surface area contributed by atoms with E-state index in [-0.39, 0.29) is 29.0 Å². The van der Waals surface area contributed by atoms with Crippen LogP contribution in [0.15, 0.2) is 12.2 Å². The summed E-state index contributed by atoms with van der Waals surface area (Å²) in [5.74, 6) is 0.109. The van der Waals surface area contributed by atoms with Crippen LogP contribution in [0.3, 0.4) is 0 Å². The molecule has 20 heavy (non-hydrogen) atoms. The van der Waals surface area contributed by atoms with E-state index >= 15 is 0 Å². The van der Waals surface area contributed by atoms with Gasteiger partial charge in [0.05, 0.1) is 0 Å². The van der Waals surface area contributed by atoms with Gasteiger partial charge in [-0.1, -0.05) is 32.9 Å². The molecule has 0 aromatic heterocycles. The minimum Gasteiger partial charge on any atom is -0.454 e. The summed E-state index contributed by atoms with van der Waals surface area (Å²) < 4.78 is 5.45. The van der Waals surface area contributed by atoms with Crippen molar-refractivity contribution < 1.29 is 14.3 Å². The zero-order chi connectivity index (χ0) is 15.1. The van der Waals surface area contributed by atoms with Gasteiger partial charge in [0.25, 0.3) is 0 Å². The zero-order valence-electron chi connectivity index (χ0n) is 13.1. The van der Waals surface area contributed by atoms with Gasteiger partial charge < -0.3 is 4.74 Å². The van der Waals surface area contributed by atoms with E-state index in [2.05, 4.69) is 20.4 Å². The van der Waals surface area contributed by atoms with Gasteiger partial charge in [0.2, 0.25) is 0 Å². The van der Waals surface area contributed by atoms with Crippen molar-refractivity contribution in [3.05, 3.63) is 12.2 Å². The number of ketones is 1. The first-order valence-corrected chi connectivity index (χ1v) is 7.62. The molecule has 0 saturated heterocycles. The molecule has 112 valence electrons. The smallest absolute Gasteiger partial charge is 0.303 e. The fourth-order valence-electron chi connectivity index (χ4n) is 3.96. The minimum absolute atomic E-state index is 0.0352. The van der Waals surface area contributed by atoms with E-state index in [0.717, 1.165) is 25.7 Å². The third kappa shape index (κ3) is 2.68. The molecule has 3 nitrogen and oxygen atoms in total. The fraction of sp³-hybridized carbons (Fsp3) is 0.765. The standard InChI is InChI=1S/C17H26O3/c1-10-7-6-8-11(2)15(19)16(20-12(3)18)14-13(10)9-17(14,4)5/h11,13-14,16H,1,6-9H2,2-5H3. The number of rotatable bonds is 1. The molecular weight excluding hydrogens is 252 g/mol. The molecule has 0 amide bonds. The maximum atomic E-state index is 12.7. The average molecular weight is 278 g/mol. The van der Waals surface area contributed by atoms with Crippen LogP contribution in [-0.2, 0) is 14.3 Å². The first kappa shape index (κ1) is 15.3. The number of carbonyl (C=O) groups excluding carboxylic acids is 2. The number of fused-ring (bicyclic) bond motifs is 1. The fourth-order valence-corrected chi connectivity index (χ4v) is 3.96. The summed E-state index contributed by atoms with van der Waals surface area (Å²) in [6, 6.07) is 0. The molecule has 0 radical (unpaired) electrons. The second-order valence-electron chi connectivity index (χ2n) is 7.21. The van der Waals surface area contributed by atoms with E-state index in [1.165, 1.54) is 12.5 Å². The van der Waals surface area contributed by atoms with Gasteiger partial charge in [-0.25, -0.2) is 0 Å². The van der Waals surface area contributed by atoms with Crippen LogP contribution < -0.4 is 0 Å². The van der Waals surface area contributed by atoms with E-state index in [1.54, 1.807) is 0 Å². The van der Waals surface area contributed by atoms with Crippen LogP contribution in [0.2, 0.25) is 0 Å². The van der Waals surface area contributed by atoms with Crippen molar-refractivity contribution in [2.45, 2.75) is 59.5 Å². The van der Waals surface area contributed by atoms with Crippen LogP contribution >= 0.6 is 0 Å². The number of allylic oxidation sites excluding steroid dienone is 1. The molecular formula is C17H26O3. The predicted molar refractivity (Wildman–Crippen MR) is 78.1 cm³/mol. The Bertz CT molecular complexity index is 436. The van der Waals surface area contributed by atoms with Crippen molar-refractivity contribution in [1.29, 1.82) is 0 Å². The topological polar surface area (TPSA) is 43.4 Å². The number of esters is 1. The van der Waals surface area contributed by atoms with Gasteiger partial charge in [0, 0.05) is 18.8 Å². The summed E-state index contributed by atoms with van der Waals surface area (Å²) in [4.78, 5) is 24.1. The highest BCUT2D eigenvalue weighted by Crippen LogP contribution is 2.57. The maximum Gasteiger partial charge on any atom is 0.303 e. The summed E-state index contributed by atoms with van der Waals surface area (Å²) in [7, 11) is 0. The SMILES string of the molecule is C=C1CCCC(C)C(=O)C(OC(C)=O)C2C1CC2(C)C. The van der Waals surface area contributed by atoms with Crippen molar-refractivity contribution in [2.75, 3.05) is 0 Å². The lowest BCUT2D eigenvalue weighted by Crippen LogP contribution is -2.55. The van der Waals surface area contributed by atoms with Crippen molar-refractivity contribution >= 4 is 11.8 Å². The molecule has 0 bridgehead atoms. The maximum absolute atomic E-state index is 12.7. The Kier molecular flexibility index (Phi) is 4.08. The van der Waals surface area contributed by atoms with Crippen molar-refractivity contribution in [3.63, 3.8) is 0 Å². The molecule has 4 atom stereocenters. The molecule has 2 aliphatic rings. The van der Waals surface area contributed by atoms with Crippen molar-refractivity contribution in [1.82, 2.24) is 0 Å². The number of hydrogen-bond donors (Lipinski definition) is 0. The summed E-state index contributed by atoms with van der Waals surface area (Å²) >= 11 is 0. The predicted octanol–water partition coefficient (Wildman–Crippen LogP) is 3.53. The average Bonchev–Trinajstić information content (AvgIpc) is 2.35. The number of ether oxygens (including phenoxy) is 1. The van der Waals surface area contributed by atoms with Crippen LogP contribution in [0.5, 0.6) is 0 Å². The molecule has 0 N–H and O–H groups in total. The van der Waals surface area contributed by atoms with Gasteiger partial charge in [0.1, 0.15) is 0 Å². The summed E-state index contributed by atoms with van der Waals surface area (Å²) in [5, 5.41) is 0. The third-order valence-corrected chi connectivity index (χ3v) is 5.13. The lowest BCUT2D eigenvalue weighted by Gasteiger charge is -2.54. The molecule has 2 saturated carbocycles. The van der Waals surface area contributed by atoms with Gasteiger partial charge >= 0.3 is 5.97 Å². The van der Waals surface area contributed by atoms with Crippen molar-refractivity contribution in [3.8, 4) is 0 Å². The molecule has 0 spiro atoms. The van der Waals surface area contributed by atoms with E-state index in [0.29, 0.717) is 5.92 Å². The van der Waals surface area contributed by atoms with Crippen LogP contribution in [0, 0.1) is 23.2 Å². The largest absolute Gasteiger partial charge is 0.454 e. The second-order valence-corrected chi connectivity index (χ2v) is 7.21. The Morgan fingerprint density at radius 3 is 2.60 bits per heavy atom. The van der Waals surface area contributed by atoms with E-state index in [4.69, 9.17) is 4.74 Å². The number of carbonyl (C=O) groups is 2. The van der Waals surface area contributed by atoms with Gasteiger partial charge in [0.15, 0.2) is 11.9 Å². The monoisotopic (exact) mass is 278 g/mol. The first-order chi connectivity index (χ1) is 9.24. The zero-order valence-corrected chi connectivity index (χ0v) is 13.1. The highest BCUT2D eigenvalue weighted by atomic mass is 16.5. The quantitative estimate of drug-likeness (QED) is 0.544. The van der Waals surface area contributed by atoms with Crippen LogP contribution in [-0.4, -0.2) is 17.9 Å². The normalized spacial score (nSPS) is 37.0. The highest BCUT2D eigenvalue weighted by Gasteiger charge is 2.55. The van der Waals surface area contributed by atoms with E-state index < -0.39 is 6.10 Å². The van der Waals surface area contributed by atoms with Gasteiger partial charge in [-0.2, -0.15) is 0 Å². The summed E-state index contributed by atoms with van der Waals surface area (Å²) in [6.45, 7) is 11.9. The molecule has 2 fully saturated rings. The van der Waals surface area contributed by atoms with E-state index in [9.17, 15) is 9.59 Å². The van der Waals surface area contributed by atoms with E-state index in [1.807, 2.05) is 6.92 Å². The molecule has 0 aliphatic heterocycles. The van der Waals surface area contributed by atoms with Gasteiger partial charge in [-0.3, -0.25) is 9.59 Å². The third-order valence-electron chi connectivity index (χ3n) is 5.13. The first-order valence-electron chi connectivity index (χ1n) is 7.62. The Morgan fingerprint density at radius 1 is 1.40 bits per heavy atom. The Morgan fingerprint density at radius 2 is 2.05 bits per heavy atom. The van der Waals surface area contributed by atoms with Gasteiger partial charge in [-0.15, -0.1) is 0 Å². The lowest BCUT2D eigenvalue weighted by atomic mass is 9.51. The second kappa shape index (κ2) is 5.34. The molecule has 0 heterocycles. The number of Topliss-reactive ketones (excluding diaryl/α,β-unsaturated/α-hetero) is 1. The highest BCUT2D eigenvalue weighted by molar-refractivity contribution is 5.87. The van der Waals surface area contributed by atoms with Crippen LogP contribution in [0.1, 0.15) is 53.4 Å². The Balaban J connectivity index is 2.35. The minimum atomic E-state index is -0.592. The molecule has 0 aromatic carbocycles. The summed E-state index contributed by atoms with van der Waals surface area (Å²) in [5.41, 5.74) is 1.27. The lowest BCUT2D eigenvalue weighted by molar-refractivity contribution is -0.171. The molecule has 2 aliphatic carbocycles. The molecule has 4 unspecified atom stereocenters. The van der Waals surface area contributed by atoms with Gasteiger partial charge in [-0.05, 0) is 37.0 Å². The molecule has 3 heteroatoms. The Hall–Kier alpha value is -1.12. The number of hydrogen-bond acceptors (Lipinski definition) is 3. The summed E-state index contributed by atoms with van der Waals surface area (Å²) in [6.07, 6.45) is 3.29. The van der Waals surface area contributed by atoms with Crippen molar-refractivity contribution in [2.24, 2.45) is 23.2 Å². The molecule has 0 aromatic rings. The molecule has 2 rings (SSSR count). The Labute approximate surface area is 121 Å².